The molecule has 162 valence electrons. The molecule has 2 rings (SSSR count). The first kappa shape index (κ1) is 22.9. The Morgan fingerprint density at radius 1 is 1.24 bits per heavy atom. The van der Waals surface area contributed by atoms with Crippen LogP contribution in [0, 0.1) is 11.6 Å². The minimum absolute atomic E-state index is 0.0242. The molecule has 0 saturated carbocycles. The van der Waals surface area contributed by atoms with Crippen LogP contribution >= 0.6 is 0 Å². The van der Waals surface area contributed by atoms with E-state index in [0.717, 1.165) is 31.4 Å². The quantitative estimate of drug-likeness (QED) is 0.687. The summed E-state index contributed by atoms with van der Waals surface area (Å²) >= 11 is 0. The number of nitrogens with zero attached hydrogens (tertiary/aromatic N) is 1. The highest BCUT2D eigenvalue weighted by Crippen LogP contribution is 2.20. The van der Waals surface area contributed by atoms with Gasteiger partial charge >= 0.3 is 6.09 Å². The standard InChI is InChI=1S/C21H30F2N2O4/c1-21(2,3)29-20(27)24-14-16-7-4-5-11-25(16)19(26)8-6-12-28-18-10-9-15(22)13-17(18)23/h9-10,13,16H,4-8,11-12,14H2,1-3H3,(H,24,27). The maximum atomic E-state index is 13.5. The highest BCUT2D eigenvalue weighted by atomic mass is 19.1. The van der Waals surface area contributed by atoms with E-state index < -0.39 is 23.3 Å². The molecule has 2 amide bonds. The molecule has 1 saturated heterocycles. The summed E-state index contributed by atoms with van der Waals surface area (Å²) in [7, 11) is 0. The van der Waals surface area contributed by atoms with Crippen molar-refractivity contribution in [3.8, 4) is 5.75 Å². The Labute approximate surface area is 170 Å². The third kappa shape index (κ3) is 7.87. The van der Waals surface area contributed by atoms with E-state index in [4.69, 9.17) is 9.47 Å². The second kappa shape index (κ2) is 10.4. The van der Waals surface area contributed by atoms with E-state index in [1.54, 1.807) is 25.7 Å². The van der Waals surface area contributed by atoms with Gasteiger partial charge in [0.1, 0.15) is 11.4 Å². The first-order chi connectivity index (χ1) is 13.7. The molecule has 0 aromatic heterocycles. The summed E-state index contributed by atoms with van der Waals surface area (Å²) in [5, 5.41) is 2.74. The van der Waals surface area contributed by atoms with Gasteiger partial charge in [0.2, 0.25) is 5.91 Å². The number of benzene rings is 1. The summed E-state index contributed by atoms with van der Waals surface area (Å²) < 4.78 is 37.0. The summed E-state index contributed by atoms with van der Waals surface area (Å²) in [6, 6.07) is 3.05. The average Bonchev–Trinajstić information content (AvgIpc) is 2.63. The number of piperidine rings is 1. The molecule has 0 bridgehead atoms. The molecule has 1 aromatic carbocycles. The number of halogens is 2. The lowest BCUT2D eigenvalue weighted by molar-refractivity contribution is -0.135. The van der Waals surface area contributed by atoms with Gasteiger partial charge < -0.3 is 19.7 Å². The van der Waals surface area contributed by atoms with Gasteiger partial charge in [0.15, 0.2) is 11.6 Å². The van der Waals surface area contributed by atoms with Crippen LogP contribution < -0.4 is 10.1 Å². The second-order valence-corrected chi connectivity index (χ2v) is 8.15. The number of carbonyl (C=O) groups excluding carboxylic acids is 2. The van der Waals surface area contributed by atoms with Crippen molar-refractivity contribution in [1.82, 2.24) is 10.2 Å². The number of hydrogen-bond acceptors (Lipinski definition) is 4. The largest absolute Gasteiger partial charge is 0.491 e. The normalized spacial score (nSPS) is 17.0. The van der Waals surface area contributed by atoms with E-state index >= 15 is 0 Å². The van der Waals surface area contributed by atoms with Crippen molar-refractivity contribution in [2.75, 3.05) is 19.7 Å². The van der Waals surface area contributed by atoms with Crippen molar-refractivity contribution in [2.45, 2.75) is 64.5 Å². The van der Waals surface area contributed by atoms with Crippen LogP contribution in [-0.4, -0.2) is 48.2 Å². The molecule has 1 heterocycles. The minimum Gasteiger partial charge on any atom is -0.491 e. The zero-order valence-electron chi connectivity index (χ0n) is 17.3. The lowest BCUT2D eigenvalue weighted by Gasteiger charge is -2.36. The van der Waals surface area contributed by atoms with Crippen molar-refractivity contribution >= 4 is 12.0 Å². The zero-order chi connectivity index (χ0) is 21.4. The lowest BCUT2D eigenvalue weighted by atomic mass is 10.0. The summed E-state index contributed by atoms with van der Waals surface area (Å²) in [4.78, 5) is 26.3. The van der Waals surface area contributed by atoms with Crippen molar-refractivity contribution in [3.05, 3.63) is 29.8 Å². The number of alkyl carbamates (subject to hydrolysis) is 1. The molecule has 1 aliphatic rings. The Bertz CT molecular complexity index is 706. The lowest BCUT2D eigenvalue weighted by Crippen LogP contribution is -2.50. The van der Waals surface area contributed by atoms with Crippen LogP contribution in [0.1, 0.15) is 52.9 Å². The van der Waals surface area contributed by atoms with Gasteiger partial charge in [0.25, 0.3) is 0 Å². The molecular formula is C21H30F2N2O4. The average molecular weight is 412 g/mol. The SMILES string of the molecule is CC(C)(C)OC(=O)NCC1CCCCN1C(=O)CCCOc1ccc(F)cc1F. The predicted octanol–water partition coefficient (Wildman–Crippen LogP) is 4.03. The van der Waals surface area contributed by atoms with Crippen LogP contribution in [0.25, 0.3) is 0 Å². The highest BCUT2D eigenvalue weighted by molar-refractivity contribution is 5.76. The maximum Gasteiger partial charge on any atom is 0.407 e. The molecule has 0 aliphatic carbocycles. The van der Waals surface area contributed by atoms with E-state index in [9.17, 15) is 18.4 Å². The van der Waals surface area contributed by atoms with Crippen LogP contribution in [0.3, 0.4) is 0 Å². The minimum atomic E-state index is -0.763. The fourth-order valence-corrected chi connectivity index (χ4v) is 3.20. The summed E-state index contributed by atoms with van der Waals surface area (Å²) in [6.45, 7) is 6.53. The van der Waals surface area contributed by atoms with Gasteiger partial charge in [-0.05, 0) is 58.6 Å². The molecule has 0 radical (unpaired) electrons. The van der Waals surface area contributed by atoms with Crippen LogP contribution in [0.4, 0.5) is 13.6 Å². The van der Waals surface area contributed by atoms with E-state index in [2.05, 4.69) is 5.32 Å². The molecule has 1 N–H and O–H groups in total. The number of rotatable bonds is 7. The maximum absolute atomic E-state index is 13.5. The Morgan fingerprint density at radius 3 is 2.69 bits per heavy atom. The van der Waals surface area contributed by atoms with Gasteiger partial charge in [0, 0.05) is 31.6 Å². The predicted molar refractivity (Wildman–Crippen MR) is 105 cm³/mol. The topological polar surface area (TPSA) is 67.9 Å². The monoisotopic (exact) mass is 412 g/mol. The zero-order valence-corrected chi connectivity index (χ0v) is 17.3. The van der Waals surface area contributed by atoms with Gasteiger partial charge in [0.05, 0.1) is 6.61 Å². The number of likely N-dealkylation sites (tertiary alicyclic amines) is 1. The molecule has 1 aromatic rings. The molecule has 0 spiro atoms. The number of hydrogen-bond donors (Lipinski definition) is 1. The number of amides is 2. The molecule has 1 atom stereocenters. The Kier molecular flexibility index (Phi) is 8.22. The van der Waals surface area contributed by atoms with Crippen molar-refractivity contribution < 1.29 is 27.8 Å². The molecule has 1 unspecified atom stereocenters. The van der Waals surface area contributed by atoms with Gasteiger partial charge in [-0.15, -0.1) is 0 Å². The van der Waals surface area contributed by atoms with Crippen LogP contribution in [0.15, 0.2) is 18.2 Å². The number of ether oxygens (including phenoxy) is 2. The Balaban J connectivity index is 1.77. The van der Waals surface area contributed by atoms with E-state index in [1.165, 1.54) is 6.07 Å². The summed E-state index contributed by atoms with van der Waals surface area (Å²) in [5.74, 6) is -1.48. The van der Waals surface area contributed by atoms with Crippen molar-refractivity contribution in [3.63, 3.8) is 0 Å². The third-order valence-corrected chi connectivity index (χ3v) is 4.51. The molecule has 6 nitrogen and oxygen atoms in total. The van der Waals surface area contributed by atoms with E-state index in [1.807, 2.05) is 0 Å². The number of carbonyl (C=O) groups is 2. The molecule has 1 fully saturated rings. The third-order valence-electron chi connectivity index (χ3n) is 4.51. The van der Waals surface area contributed by atoms with Crippen molar-refractivity contribution in [1.29, 1.82) is 0 Å². The van der Waals surface area contributed by atoms with Gasteiger partial charge in [-0.25, -0.2) is 13.6 Å². The Morgan fingerprint density at radius 2 is 2.00 bits per heavy atom. The van der Waals surface area contributed by atoms with Gasteiger partial charge in [-0.3, -0.25) is 4.79 Å². The fourth-order valence-electron chi connectivity index (χ4n) is 3.20. The summed E-state index contributed by atoms with van der Waals surface area (Å²) in [6.07, 6.45) is 2.91. The van der Waals surface area contributed by atoms with E-state index in [0.29, 0.717) is 19.5 Å². The van der Waals surface area contributed by atoms with Gasteiger partial charge in [-0.1, -0.05) is 0 Å². The van der Waals surface area contributed by atoms with Crippen molar-refractivity contribution in [2.24, 2.45) is 0 Å². The van der Waals surface area contributed by atoms with Crippen LogP contribution in [0.2, 0.25) is 0 Å². The van der Waals surface area contributed by atoms with Crippen LogP contribution in [-0.2, 0) is 9.53 Å². The molecule has 1 aliphatic heterocycles. The highest BCUT2D eigenvalue weighted by Gasteiger charge is 2.27. The molecule has 8 heteroatoms. The Hall–Kier alpha value is -2.38. The van der Waals surface area contributed by atoms with E-state index in [-0.39, 0.29) is 30.7 Å². The van der Waals surface area contributed by atoms with Gasteiger partial charge in [-0.2, -0.15) is 0 Å². The fraction of sp³-hybridized carbons (Fsp3) is 0.619. The first-order valence-electron chi connectivity index (χ1n) is 10.00. The number of nitrogens with one attached hydrogen (secondary N) is 1. The smallest absolute Gasteiger partial charge is 0.407 e. The van der Waals surface area contributed by atoms with Crippen LogP contribution in [0.5, 0.6) is 5.75 Å². The second-order valence-electron chi connectivity index (χ2n) is 8.15. The summed E-state index contributed by atoms with van der Waals surface area (Å²) in [5.41, 5.74) is -0.573. The molecular weight excluding hydrogens is 382 g/mol. The molecule has 29 heavy (non-hydrogen) atoms. The first-order valence-corrected chi connectivity index (χ1v) is 10.00.